The molecule has 0 aliphatic carbocycles. The van der Waals surface area contributed by atoms with Gasteiger partial charge in [-0.2, -0.15) is 4.31 Å². The Balaban J connectivity index is 2.31. The van der Waals surface area contributed by atoms with E-state index in [1.54, 1.807) is 21.7 Å². The zero-order chi connectivity index (χ0) is 13.2. The van der Waals surface area contributed by atoms with Crippen LogP contribution in [-0.2, 0) is 16.6 Å². The molecule has 1 aromatic heterocycles. The van der Waals surface area contributed by atoms with E-state index in [4.69, 9.17) is 0 Å². The van der Waals surface area contributed by atoms with E-state index >= 15 is 0 Å². The largest absolute Gasteiger partial charge is 0.315 e. The molecule has 0 amide bonds. The van der Waals surface area contributed by atoms with Gasteiger partial charge in [0.25, 0.3) is 0 Å². The van der Waals surface area contributed by atoms with Gasteiger partial charge in [-0.15, -0.1) is 11.3 Å². The summed E-state index contributed by atoms with van der Waals surface area (Å²) in [6.45, 7) is 3.64. The molecule has 0 aromatic carbocycles. The zero-order valence-corrected chi connectivity index (χ0v) is 12.3. The maximum Gasteiger partial charge on any atom is 0.244 e. The summed E-state index contributed by atoms with van der Waals surface area (Å²) in [7, 11) is -1.47. The molecule has 0 bridgehead atoms. The normalized spacial score (nSPS) is 17.2. The minimum Gasteiger partial charge on any atom is -0.315 e. The van der Waals surface area contributed by atoms with E-state index in [0.717, 1.165) is 16.2 Å². The SMILES string of the molecule is CNCc1cc(S(=O)(=O)N2CC=CCC2)c(C)s1. The lowest BCUT2D eigenvalue weighted by Crippen LogP contribution is -2.33. The van der Waals surface area contributed by atoms with Gasteiger partial charge in [-0.3, -0.25) is 0 Å². The van der Waals surface area contributed by atoms with Gasteiger partial charge in [-0.1, -0.05) is 12.2 Å². The molecule has 1 aromatic rings. The topological polar surface area (TPSA) is 49.4 Å². The van der Waals surface area contributed by atoms with E-state index in [9.17, 15) is 8.42 Å². The number of thiophene rings is 1. The van der Waals surface area contributed by atoms with Crippen molar-refractivity contribution in [2.45, 2.75) is 24.8 Å². The number of rotatable bonds is 4. The summed E-state index contributed by atoms with van der Waals surface area (Å²) in [4.78, 5) is 2.39. The highest BCUT2D eigenvalue weighted by Gasteiger charge is 2.27. The van der Waals surface area contributed by atoms with Crippen LogP contribution in [0.2, 0.25) is 0 Å². The molecule has 0 saturated heterocycles. The van der Waals surface area contributed by atoms with Crippen molar-refractivity contribution in [1.29, 1.82) is 0 Å². The molecule has 18 heavy (non-hydrogen) atoms. The summed E-state index contributed by atoms with van der Waals surface area (Å²) in [5.74, 6) is 0. The third-order valence-electron chi connectivity index (χ3n) is 2.91. The molecule has 1 aliphatic rings. The first-order chi connectivity index (χ1) is 8.55. The van der Waals surface area contributed by atoms with Crippen LogP contribution in [0.25, 0.3) is 0 Å². The number of nitrogens with one attached hydrogen (secondary N) is 1. The summed E-state index contributed by atoms with van der Waals surface area (Å²) in [5, 5.41) is 3.05. The van der Waals surface area contributed by atoms with E-state index in [1.165, 1.54) is 0 Å². The molecule has 0 saturated carbocycles. The average molecular weight is 286 g/mol. The second-order valence-electron chi connectivity index (χ2n) is 4.29. The molecule has 0 atom stereocenters. The minimum absolute atomic E-state index is 0.466. The van der Waals surface area contributed by atoms with Crippen LogP contribution in [0.5, 0.6) is 0 Å². The Hall–Kier alpha value is -0.690. The van der Waals surface area contributed by atoms with Crippen molar-refractivity contribution in [3.63, 3.8) is 0 Å². The molecular weight excluding hydrogens is 268 g/mol. The fourth-order valence-electron chi connectivity index (χ4n) is 2.02. The Labute approximate surface area is 112 Å². The summed E-state index contributed by atoms with van der Waals surface area (Å²) in [6, 6.07) is 1.80. The van der Waals surface area contributed by atoms with Crippen LogP contribution in [0, 0.1) is 6.92 Å². The Morgan fingerprint density at radius 2 is 2.22 bits per heavy atom. The van der Waals surface area contributed by atoms with Crippen LogP contribution in [0.1, 0.15) is 16.2 Å². The standard InChI is InChI=1S/C12H18N2O2S2/c1-10-12(8-11(17-10)9-13-2)18(15,16)14-6-4-3-5-7-14/h3-4,8,13H,5-7,9H2,1-2H3. The quantitative estimate of drug-likeness (QED) is 0.858. The highest BCUT2D eigenvalue weighted by Crippen LogP contribution is 2.28. The first-order valence-corrected chi connectivity index (χ1v) is 8.20. The van der Waals surface area contributed by atoms with E-state index in [-0.39, 0.29) is 0 Å². The number of sulfonamides is 1. The zero-order valence-electron chi connectivity index (χ0n) is 10.6. The van der Waals surface area contributed by atoms with Crippen molar-refractivity contribution in [3.05, 3.63) is 28.0 Å². The predicted molar refractivity (Wildman–Crippen MR) is 74.3 cm³/mol. The smallest absolute Gasteiger partial charge is 0.244 e. The third kappa shape index (κ3) is 2.66. The van der Waals surface area contributed by atoms with Crippen molar-refractivity contribution >= 4 is 21.4 Å². The van der Waals surface area contributed by atoms with E-state index in [0.29, 0.717) is 24.5 Å². The van der Waals surface area contributed by atoms with Crippen molar-refractivity contribution in [2.75, 3.05) is 20.1 Å². The summed E-state index contributed by atoms with van der Waals surface area (Å²) < 4.78 is 26.6. The molecule has 6 heteroatoms. The lowest BCUT2D eigenvalue weighted by molar-refractivity contribution is 0.437. The Bertz CT molecular complexity index is 546. The maximum atomic E-state index is 12.5. The highest BCUT2D eigenvalue weighted by atomic mass is 32.2. The molecule has 2 rings (SSSR count). The van der Waals surface area contributed by atoms with Crippen molar-refractivity contribution in [3.8, 4) is 0 Å². The van der Waals surface area contributed by atoms with Crippen molar-refractivity contribution < 1.29 is 8.42 Å². The van der Waals surface area contributed by atoms with E-state index in [1.807, 2.05) is 26.1 Å². The number of nitrogens with zero attached hydrogens (tertiary/aromatic N) is 1. The van der Waals surface area contributed by atoms with Crippen LogP contribution < -0.4 is 5.32 Å². The van der Waals surface area contributed by atoms with Gasteiger partial charge in [0.15, 0.2) is 0 Å². The first kappa shape index (κ1) is 13.7. The van der Waals surface area contributed by atoms with Gasteiger partial charge in [0.2, 0.25) is 10.0 Å². The molecule has 1 aliphatic heterocycles. The lowest BCUT2D eigenvalue weighted by atomic mass is 10.3. The number of hydrogen-bond acceptors (Lipinski definition) is 4. The van der Waals surface area contributed by atoms with Gasteiger partial charge in [0, 0.05) is 29.4 Å². The van der Waals surface area contributed by atoms with Gasteiger partial charge >= 0.3 is 0 Å². The molecule has 4 nitrogen and oxygen atoms in total. The molecular formula is C12H18N2O2S2. The molecule has 0 fully saturated rings. The molecule has 0 spiro atoms. The van der Waals surface area contributed by atoms with Crippen LogP contribution >= 0.6 is 11.3 Å². The third-order valence-corrected chi connectivity index (χ3v) is 6.08. The Kier molecular flexibility index (Phi) is 4.21. The molecule has 0 unspecified atom stereocenters. The molecule has 0 radical (unpaired) electrons. The van der Waals surface area contributed by atoms with Gasteiger partial charge in [-0.25, -0.2) is 8.42 Å². The van der Waals surface area contributed by atoms with Crippen molar-refractivity contribution in [2.24, 2.45) is 0 Å². The van der Waals surface area contributed by atoms with Gasteiger partial charge in [0.05, 0.1) is 4.90 Å². The van der Waals surface area contributed by atoms with Gasteiger partial charge in [0.1, 0.15) is 0 Å². The monoisotopic (exact) mass is 286 g/mol. The lowest BCUT2D eigenvalue weighted by Gasteiger charge is -2.22. The predicted octanol–water partition coefficient (Wildman–Crippen LogP) is 1.73. The second-order valence-corrected chi connectivity index (χ2v) is 7.53. The second kappa shape index (κ2) is 5.52. The number of hydrogen-bond donors (Lipinski definition) is 1. The van der Waals surface area contributed by atoms with Crippen LogP contribution in [0.3, 0.4) is 0 Å². The van der Waals surface area contributed by atoms with Crippen LogP contribution in [0.4, 0.5) is 0 Å². The maximum absolute atomic E-state index is 12.5. The van der Waals surface area contributed by atoms with E-state index < -0.39 is 10.0 Å². The van der Waals surface area contributed by atoms with E-state index in [2.05, 4.69) is 5.32 Å². The first-order valence-electron chi connectivity index (χ1n) is 5.95. The summed E-state index contributed by atoms with van der Waals surface area (Å²) in [6.07, 6.45) is 4.74. The van der Waals surface area contributed by atoms with Crippen LogP contribution in [-0.4, -0.2) is 32.9 Å². The Morgan fingerprint density at radius 3 is 2.83 bits per heavy atom. The summed E-state index contributed by atoms with van der Waals surface area (Å²) >= 11 is 1.54. The summed E-state index contributed by atoms with van der Waals surface area (Å²) in [5.41, 5.74) is 0. The number of aryl methyl sites for hydroxylation is 1. The average Bonchev–Trinajstić information content (AvgIpc) is 2.73. The van der Waals surface area contributed by atoms with Crippen LogP contribution in [0.15, 0.2) is 23.1 Å². The molecule has 100 valence electrons. The molecule has 1 N–H and O–H groups in total. The van der Waals surface area contributed by atoms with Crippen molar-refractivity contribution in [1.82, 2.24) is 9.62 Å². The molecule has 2 heterocycles. The minimum atomic E-state index is -3.33. The Morgan fingerprint density at radius 1 is 1.44 bits per heavy atom. The van der Waals surface area contributed by atoms with Gasteiger partial charge in [-0.05, 0) is 26.5 Å². The highest BCUT2D eigenvalue weighted by molar-refractivity contribution is 7.89. The fraction of sp³-hybridized carbons (Fsp3) is 0.500. The van der Waals surface area contributed by atoms with Gasteiger partial charge < -0.3 is 5.32 Å². The fourth-order valence-corrected chi connectivity index (χ4v) is 5.04.